The summed E-state index contributed by atoms with van der Waals surface area (Å²) < 4.78 is 0. The van der Waals surface area contributed by atoms with Gasteiger partial charge in [-0.3, -0.25) is 9.97 Å². The van der Waals surface area contributed by atoms with Crippen LogP contribution >= 0.6 is 17.0 Å². The number of aromatic nitrogens is 2. The van der Waals surface area contributed by atoms with Crippen LogP contribution in [0, 0.1) is 0 Å². The van der Waals surface area contributed by atoms with Crippen molar-refractivity contribution < 1.29 is 10.2 Å². The smallest absolute Gasteiger partial charge is 0.134 e. The van der Waals surface area contributed by atoms with E-state index in [9.17, 15) is 10.2 Å². The molecule has 1 aromatic carbocycles. The van der Waals surface area contributed by atoms with Crippen molar-refractivity contribution in [2.24, 2.45) is 0 Å². The molecular formula is C12H9BrN2O2. The first-order valence-corrected chi connectivity index (χ1v) is 4.80. The van der Waals surface area contributed by atoms with E-state index in [0.717, 1.165) is 21.8 Å². The van der Waals surface area contributed by atoms with Gasteiger partial charge in [-0.2, -0.15) is 0 Å². The first kappa shape index (κ1) is 11.6. The Morgan fingerprint density at radius 3 is 1.59 bits per heavy atom. The molecule has 0 radical (unpaired) electrons. The third-order valence-electron chi connectivity index (χ3n) is 2.47. The van der Waals surface area contributed by atoms with Crippen LogP contribution in [-0.4, -0.2) is 20.2 Å². The van der Waals surface area contributed by atoms with Crippen LogP contribution in [0.1, 0.15) is 0 Å². The monoisotopic (exact) mass is 292 g/mol. The maximum Gasteiger partial charge on any atom is 0.134 e. The van der Waals surface area contributed by atoms with Crippen molar-refractivity contribution >= 4 is 38.8 Å². The summed E-state index contributed by atoms with van der Waals surface area (Å²) in [4.78, 5) is 8.29. The Hall–Kier alpha value is -1.88. The normalized spacial score (nSPS) is 10.4. The summed E-state index contributed by atoms with van der Waals surface area (Å²) in [5, 5.41) is 20.3. The first-order valence-electron chi connectivity index (χ1n) is 4.80. The van der Waals surface area contributed by atoms with E-state index in [1.807, 2.05) is 12.1 Å². The second-order valence-electron chi connectivity index (χ2n) is 3.60. The summed E-state index contributed by atoms with van der Waals surface area (Å²) >= 11 is 0. The van der Waals surface area contributed by atoms with E-state index in [4.69, 9.17) is 0 Å². The summed E-state index contributed by atoms with van der Waals surface area (Å²) in [5.74, 6) is 0.260. The molecule has 3 rings (SSSR count). The fraction of sp³-hybridized carbons (Fsp3) is 0. The molecule has 0 saturated heterocycles. The number of pyridine rings is 2. The van der Waals surface area contributed by atoms with Gasteiger partial charge in [0.05, 0.1) is 23.4 Å². The van der Waals surface area contributed by atoms with Crippen molar-refractivity contribution in [3.8, 4) is 11.5 Å². The second-order valence-corrected chi connectivity index (χ2v) is 3.60. The topological polar surface area (TPSA) is 66.2 Å². The molecule has 0 fully saturated rings. The zero-order valence-corrected chi connectivity index (χ0v) is 10.4. The van der Waals surface area contributed by atoms with Crippen LogP contribution < -0.4 is 0 Å². The van der Waals surface area contributed by atoms with E-state index in [2.05, 4.69) is 9.97 Å². The van der Waals surface area contributed by atoms with Gasteiger partial charge >= 0.3 is 0 Å². The van der Waals surface area contributed by atoms with Crippen LogP contribution in [0.4, 0.5) is 0 Å². The minimum atomic E-state index is 0. The highest BCUT2D eigenvalue weighted by atomic mass is 79.9. The maximum atomic E-state index is 9.32. The molecule has 0 aliphatic carbocycles. The van der Waals surface area contributed by atoms with Crippen molar-refractivity contribution in [2.75, 3.05) is 0 Å². The lowest BCUT2D eigenvalue weighted by molar-refractivity contribution is 0.473. The van der Waals surface area contributed by atoms with Gasteiger partial charge < -0.3 is 10.2 Å². The SMILES string of the molecule is Br.Oc1cnc2c(ccc3cc(O)cnc32)c1. The van der Waals surface area contributed by atoms with Gasteiger partial charge in [0.1, 0.15) is 11.5 Å². The van der Waals surface area contributed by atoms with E-state index in [1.54, 1.807) is 12.1 Å². The minimum absolute atomic E-state index is 0. The molecular weight excluding hydrogens is 284 g/mol. The Kier molecular flexibility index (Phi) is 2.85. The zero-order chi connectivity index (χ0) is 11.1. The molecule has 0 saturated carbocycles. The van der Waals surface area contributed by atoms with Crippen molar-refractivity contribution in [1.82, 2.24) is 9.97 Å². The van der Waals surface area contributed by atoms with Crippen LogP contribution in [0.3, 0.4) is 0 Å². The standard InChI is InChI=1S/C12H8N2O2.BrH/c15-9-3-7-1-2-8-4-10(16)6-14-12(8)11(7)13-5-9;/h1-6,15-16H;1H. The largest absolute Gasteiger partial charge is 0.506 e. The average molecular weight is 293 g/mol. The summed E-state index contributed by atoms with van der Waals surface area (Å²) in [6.07, 6.45) is 2.77. The number of fused-ring (bicyclic) bond motifs is 3. The summed E-state index contributed by atoms with van der Waals surface area (Å²) in [5.41, 5.74) is 1.44. The van der Waals surface area contributed by atoms with Crippen molar-refractivity contribution in [2.45, 2.75) is 0 Å². The first-order chi connectivity index (χ1) is 7.74. The quantitative estimate of drug-likeness (QED) is 0.625. The number of halogens is 1. The molecule has 86 valence electrons. The van der Waals surface area contributed by atoms with E-state index in [1.165, 1.54) is 12.4 Å². The molecule has 3 aromatic rings. The van der Waals surface area contributed by atoms with Gasteiger partial charge in [-0.1, -0.05) is 12.1 Å². The van der Waals surface area contributed by atoms with Crippen LogP contribution in [-0.2, 0) is 0 Å². The molecule has 0 amide bonds. The van der Waals surface area contributed by atoms with Crippen molar-refractivity contribution in [3.05, 3.63) is 36.7 Å². The van der Waals surface area contributed by atoms with E-state index in [-0.39, 0.29) is 28.5 Å². The molecule has 5 heteroatoms. The lowest BCUT2D eigenvalue weighted by Gasteiger charge is -2.02. The number of hydrogen-bond acceptors (Lipinski definition) is 4. The second kappa shape index (κ2) is 4.18. The molecule has 0 spiro atoms. The van der Waals surface area contributed by atoms with E-state index >= 15 is 0 Å². The Labute approximate surface area is 107 Å². The van der Waals surface area contributed by atoms with Crippen LogP contribution in [0.25, 0.3) is 21.8 Å². The Balaban J connectivity index is 0.00000108. The molecule has 0 bridgehead atoms. The molecule has 17 heavy (non-hydrogen) atoms. The third-order valence-corrected chi connectivity index (χ3v) is 2.47. The lowest BCUT2D eigenvalue weighted by atomic mass is 10.1. The van der Waals surface area contributed by atoms with Gasteiger partial charge in [-0.05, 0) is 12.1 Å². The highest BCUT2D eigenvalue weighted by Crippen LogP contribution is 2.26. The fourth-order valence-electron chi connectivity index (χ4n) is 1.77. The molecule has 0 unspecified atom stereocenters. The number of rotatable bonds is 0. The molecule has 2 N–H and O–H groups in total. The third kappa shape index (κ3) is 1.89. The molecule has 2 aromatic heterocycles. The molecule has 2 heterocycles. The summed E-state index contributed by atoms with van der Waals surface area (Å²) in [6.45, 7) is 0. The molecule has 4 nitrogen and oxygen atoms in total. The maximum absolute atomic E-state index is 9.32. The average Bonchev–Trinajstić information content (AvgIpc) is 2.28. The lowest BCUT2D eigenvalue weighted by Crippen LogP contribution is -1.84. The van der Waals surface area contributed by atoms with Gasteiger partial charge in [-0.15, -0.1) is 17.0 Å². The van der Waals surface area contributed by atoms with Gasteiger partial charge in [0.15, 0.2) is 0 Å². The minimum Gasteiger partial charge on any atom is -0.506 e. The van der Waals surface area contributed by atoms with Gasteiger partial charge in [-0.25, -0.2) is 0 Å². The molecule has 0 atom stereocenters. The molecule has 0 aliphatic heterocycles. The fourth-order valence-corrected chi connectivity index (χ4v) is 1.77. The van der Waals surface area contributed by atoms with Gasteiger partial charge in [0, 0.05) is 10.8 Å². The van der Waals surface area contributed by atoms with Crippen LogP contribution in [0.15, 0.2) is 36.7 Å². The van der Waals surface area contributed by atoms with Gasteiger partial charge in [0.25, 0.3) is 0 Å². The zero-order valence-electron chi connectivity index (χ0n) is 8.66. The van der Waals surface area contributed by atoms with Crippen LogP contribution in [0.2, 0.25) is 0 Å². The number of nitrogens with zero attached hydrogens (tertiary/aromatic N) is 2. The Morgan fingerprint density at radius 2 is 1.18 bits per heavy atom. The Morgan fingerprint density at radius 1 is 0.765 bits per heavy atom. The number of aromatic hydroxyl groups is 2. The van der Waals surface area contributed by atoms with Gasteiger partial charge in [0.2, 0.25) is 0 Å². The van der Waals surface area contributed by atoms with Crippen LogP contribution in [0.5, 0.6) is 11.5 Å². The highest BCUT2D eigenvalue weighted by Gasteiger charge is 2.04. The number of hydrogen-bond donors (Lipinski definition) is 2. The predicted octanol–water partition coefficient (Wildman–Crippen LogP) is 2.77. The molecule has 0 aliphatic rings. The van der Waals surface area contributed by atoms with E-state index in [0.29, 0.717) is 0 Å². The van der Waals surface area contributed by atoms with Crippen molar-refractivity contribution in [3.63, 3.8) is 0 Å². The predicted molar refractivity (Wildman–Crippen MR) is 70.7 cm³/mol. The van der Waals surface area contributed by atoms with Crippen molar-refractivity contribution in [1.29, 1.82) is 0 Å². The highest BCUT2D eigenvalue weighted by molar-refractivity contribution is 8.93. The summed E-state index contributed by atoms with van der Waals surface area (Å²) in [6, 6.07) is 6.95. The Bertz CT molecular complexity index is 640. The summed E-state index contributed by atoms with van der Waals surface area (Å²) in [7, 11) is 0. The number of benzene rings is 1. The van der Waals surface area contributed by atoms with E-state index < -0.39 is 0 Å².